The third kappa shape index (κ3) is 2.96. The van der Waals surface area contributed by atoms with Gasteiger partial charge in [-0.25, -0.2) is 4.39 Å². The molecule has 0 aromatic heterocycles. The number of hydrogen-bond donors (Lipinski definition) is 2. The van der Waals surface area contributed by atoms with Crippen LogP contribution in [0, 0.1) is 5.82 Å². The van der Waals surface area contributed by atoms with Gasteiger partial charge in [0.2, 0.25) is 0 Å². The number of halogens is 1. The number of nitrogens with two attached hydrogens (primary N) is 1. The lowest BCUT2D eigenvalue weighted by Gasteiger charge is -2.29. The number of likely N-dealkylation sites (N-methyl/N-ethyl adjacent to an activating group) is 1. The number of nitrogen functional groups attached to an aromatic ring is 1. The monoisotopic (exact) mass is 283 g/mol. The highest BCUT2D eigenvalue weighted by molar-refractivity contribution is 5.64. The summed E-state index contributed by atoms with van der Waals surface area (Å²) in [5.41, 5.74) is 6.41. The van der Waals surface area contributed by atoms with Crippen LogP contribution in [0.1, 0.15) is 6.42 Å². The van der Waals surface area contributed by atoms with Gasteiger partial charge >= 0.3 is 0 Å². The van der Waals surface area contributed by atoms with Crippen LogP contribution in [-0.2, 0) is 0 Å². The zero-order valence-electron chi connectivity index (χ0n) is 12.1. The van der Waals surface area contributed by atoms with E-state index in [0.717, 1.165) is 6.54 Å². The van der Waals surface area contributed by atoms with Crippen molar-refractivity contribution in [2.45, 2.75) is 18.6 Å². The molecule has 1 fully saturated rings. The van der Waals surface area contributed by atoms with Crippen LogP contribution in [0.15, 0.2) is 12.1 Å². The molecule has 0 saturated carbocycles. The Labute approximate surface area is 118 Å². The molecular formula is C14H22FN3O2. The van der Waals surface area contributed by atoms with E-state index < -0.39 is 6.10 Å². The van der Waals surface area contributed by atoms with Gasteiger partial charge in [0, 0.05) is 31.3 Å². The maximum Gasteiger partial charge on any atom is 0.148 e. The van der Waals surface area contributed by atoms with Crippen LogP contribution in [0.3, 0.4) is 0 Å². The molecule has 6 heteroatoms. The minimum atomic E-state index is -0.442. The molecular weight excluding hydrogens is 261 g/mol. The molecule has 0 radical (unpaired) electrons. The highest BCUT2D eigenvalue weighted by Crippen LogP contribution is 2.34. The Morgan fingerprint density at radius 2 is 2.20 bits per heavy atom. The van der Waals surface area contributed by atoms with Gasteiger partial charge in [-0.15, -0.1) is 0 Å². The number of β-amino-alcohol motifs (C(OH)–C–C–N with tert-alkyl or cyclic N) is 1. The van der Waals surface area contributed by atoms with E-state index in [1.54, 1.807) is 6.07 Å². The second kappa shape index (κ2) is 5.85. The third-order valence-corrected chi connectivity index (χ3v) is 3.58. The first-order valence-corrected chi connectivity index (χ1v) is 6.64. The van der Waals surface area contributed by atoms with Crippen LogP contribution in [-0.4, -0.2) is 56.4 Å². The highest BCUT2D eigenvalue weighted by Gasteiger charge is 2.33. The topological polar surface area (TPSA) is 62.0 Å². The molecule has 1 saturated heterocycles. The van der Waals surface area contributed by atoms with E-state index in [1.807, 2.05) is 23.9 Å². The van der Waals surface area contributed by atoms with Crippen LogP contribution >= 0.6 is 0 Å². The summed E-state index contributed by atoms with van der Waals surface area (Å²) >= 11 is 0. The van der Waals surface area contributed by atoms with Crippen LogP contribution in [0.25, 0.3) is 0 Å². The van der Waals surface area contributed by atoms with Crippen molar-refractivity contribution in [3.05, 3.63) is 17.9 Å². The fourth-order valence-corrected chi connectivity index (χ4v) is 2.74. The summed E-state index contributed by atoms with van der Waals surface area (Å²) in [6.45, 7) is 1.17. The Morgan fingerprint density at radius 3 is 2.80 bits per heavy atom. The van der Waals surface area contributed by atoms with Gasteiger partial charge in [0.25, 0.3) is 0 Å². The maximum atomic E-state index is 14.2. The van der Waals surface area contributed by atoms with Crippen LogP contribution in [0.4, 0.5) is 15.8 Å². The minimum Gasteiger partial charge on any atom is -0.495 e. The second-order valence-corrected chi connectivity index (χ2v) is 5.50. The molecule has 2 unspecified atom stereocenters. The molecule has 2 atom stereocenters. The van der Waals surface area contributed by atoms with Crippen molar-refractivity contribution < 1.29 is 14.2 Å². The van der Waals surface area contributed by atoms with Crippen LogP contribution in [0.2, 0.25) is 0 Å². The van der Waals surface area contributed by atoms with E-state index in [2.05, 4.69) is 0 Å². The molecule has 1 heterocycles. The molecule has 5 nitrogen and oxygen atoms in total. The molecule has 0 bridgehead atoms. The Morgan fingerprint density at radius 1 is 1.50 bits per heavy atom. The van der Waals surface area contributed by atoms with Gasteiger partial charge in [-0.2, -0.15) is 0 Å². The number of aliphatic hydroxyl groups excluding tert-OH is 1. The number of aliphatic hydroxyl groups is 1. The second-order valence-electron chi connectivity index (χ2n) is 5.50. The molecule has 112 valence electrons. The van der Waals surface area contributed by atoms with Crippen molar-refractivity contribution >= 4 is 11.4 Å². The van der Waals surface area contributed by atoms with Gasteiger partial charge in [-0.05, 0) is 20.5 Å². The van der Waals surface area contributed by atoms with E-state index in [9.17, 15) is 9.50 Å². The van der Waals surface area contributed by atoms with E-state index in [0.29, 0.717) is 24.4 Å². The molecule has 1 aliphatic heterocycles. The van der Waals surface area contributed by atoms with Gasteiger partial charge in [-0.1, -0.05) is 0 Å². The molecule has 0 spiro atoms. The third-order valence-electron chi connectivity index (χ3n) is 3.58. The first-order valence-electron chi connectivity index (χ1n) is 6.64. The molecule has 20 heavy (non-hydrogen) atoms. The average molecular weight is 283 g/mol. The number of rotatable bonds is 4. The SMILES string of the molecule is COc1cc(N2CC(O)CC2CN(C)C)c(F)cc1N. The summed E-state index contributed by atoms with van der Waals surface area (Å²) in [6.07, 6.45) is 0.188. The van der Waals surface area contributed by atoms with E-state index >= 15 is 0 Å². The van der Waals surface area contributed by atoms with Crippen molar-refractivity contribution in [2.75, 3.05) is 44.9 Å². The lowest BCUT2D eigenvalue weighted by Crippen LogP contribution is -2.38. The fraction of sp³-hybridized carbons (Fsp3) is 0.571. The number of nitrogens with zero attached hydrogens (tertiary/aromatic N) is 2. The number of hydrogen-bond acceptors (Lipinski definition) is 5. The lowest BCUT2D eigenvalue weighted by molar-refractivity contribution is 0.191. The number of anilines is 2. The standard InChI is InChI=1S/C14H22FN3O2/c1-17(2)7-9-4-10(19)8-18(9)13-6-14(20-3)12(16)5-11(13)15/h5-6,9-10,19H,4,7-8,16H2,1-3H3. The molecule has 0 amide bonds. The number of ether oxygens (including phenoxy) is 1. The van der Waals surface area contributed by atoms with Crippen LogP contribution in [0.5, 0.6) is 5.75 Å². The smallest absolute Gasteiger partial charge is 0.148 e. The highest BCUT2D eigenvalue weighted by atomic mass is 19.1. The Hall–Kier alpha value is -1.53. The Kier molecular flexibility index (Phi) is 4.35. The first kappa shape index (κ1) is 14.9. The zero-order valence-corrected chi connectivity index (χ0v) is 12.1. The minimum absolute atomic E-state index is 0.0721. The number of benzene rings is 1. The lowest BCUT2D eigenvalue weighted by atomic mass is 10.1. The quantitative estimate of drug-likeness (QED) is 0.805. The van der Waals surface area contributed by atoms with Gasteiger partial charge in [0.15, 0.2) is 0 Å². The number of methoxy groups -OCH3 is 1. The van der Waals surface area contributed by atoms with Gasteiger partial charge < -0.3 is 25.4 Å². The molecule has 2 rings (SSSR count). The first-order chi connectivity index (χ1) is 9.42. The summed E-state index contributed by atoms with van der Waals surface area (Å²) in [6, 6.07) is 2.94. The predicted molar refractivity (Wildman–Crippen MR) is 77.7 cm³/mol. The van der Waals surface area contributed by atoms with Crippen molar-refractivity contribution in [2.24, 2.45) is 0 Å². The van der Waals surface area contributed by atoms with Gasteiger partial charge in [0.1, 0.15) is 11.6 Å². The average Bonchev–Trinajstić information content (AvgIpc) is 2.69. The predicted octanol–water partition coefficient (Wildman–Crippen LogP) is 0.918. The molecule has 1 aliphatic rings. The molecule has 3 N–H and O–H groups in total. The maximum absolute atomic E-state index is 14.2. The van der Waals surface area contributed by atoms with Crippen LogP contribution < -0.4 is 15.4 Å². The van der Waals surface area contributed by atoms with E-state index in [4.69, 9.17) is 10.5 Å². The Balaban J connectivity index is 2.33. The summed E-state index contributed by atoms with van der Waals surface area (Å²) in [5, 5.41) is 9.88. The van der Waals surface area contributed by atoms with Crippen molar-refractivity contribution in [1.29, 1.82) is 0 Å². The summed E-state index contributed by atoms with van der Waals surface area (Å²) in [5.74, 6) is 0.0625. The molecule has 1 aromatic carbocycles. The van der Waals surface area contributed by atoms with Gasteiger partial charge in [0.05, 0.1) is 24.6 Å². The normalized spacial score (nSPS) is 22.6. The Bertz CT molecular complexity index is 482. The van der Waals surface area contributed by atoms with Crippen molar-refractivity contribution in [3.8, 4) is 5.75 Å². The summed E-state index contributed by atoms with van der Waals surface area (Å²) in [4.78, 5) is 3.92. The van der Waals surface area contributed by atoms with Crippen molar-refractivity contribution in [1.82, 2.24) is 4.90 Å². The van der Waals surface area contributed by atoms with E-state index in [1.165, 1.54) is 13.2 Å². The largest absolute Gasteiger partial charge is 0.495 e. The van der Waals surface area contributed by atoms with E-state index in [-0.39, 0.29) is 17.5 Å². The fourth-order valence-electron chi connectivity index (χ4n) is 2.74. The molecule has 1 aromatic rings. The molecule has 0 aliphatic carbocycles. The van der Waals surface area contributed by atoms with Crippen molar-refractivity contribution in [3.63, 3.8) is 0 Å². The zero-order chi connectivity index (χ0) is 14.9. The summed E-state index contributed by atoms with van der Waals surface area (Å²) in [7, 11) is 5.43. The summed E-state index contributed by atoms with van der Waals surface area (Å²) < 4.78 is 19.3. The van der Waals surface area contributed by atoms with Gasteiger partial charge in [-0.3, -0.25) is 0 Å².